The monoisotopic (exact) mass is 556 g/mol. The van der Waals surface area contributed by atoms with Crippen LogP contribution in [0.15, 0.2) is 46.7 Å². The molecule has 1 unspecified atom stereocenters. The number of aromatic nitrogens is 3. The molecular formula is C26H22F2N4O4S2. The molecule has 4 aromatic rings. The Morgan fingerprint density at radius 1 is 1.24 bits per heavy atom. The summed E-state index contributed by atoms with van der Waals surface area (Å²) in [6, 6.07) is 8.72. The highest BCUT2D eigenvalue weighted by Gasteiger charge is 2.29. The number of aromatic carboxylic acids is 1. The Bertz CT molecular complexity index is 1610. The highest BCUT2D eigenvalue weighted by Crippen LogP contribution is 2.38. The first-order valence-corrected chi connectivity index (χ1v) is 13.5. The number of terminal acetylenes is 1. The van der Waals surface area contributed by atoms with Gasteiger partial charge in [-0.2, -0.15) is 5.10 Å². The molecule has 2 aromatic heterocycles. The molecule has 1 saturated carbocycles. The predicted octanol–water partition coefficient (Wildman–Crippen LogP) is 4.25. The van der Waals surface area contributed by atoms with Gasteiger partial charge in [-0.1, -0.05) is 16.2 Å². The summed E-state index contributed by atoms with van der Waals surface area (Å²) in [6.07, 6.45) is 8.49. The van der Waals surface area contributed by atoms with Gasteiger partial charge in [-0.05, 0) is 61.1 Å². The van der Waals surface area contributed by atoms with Gasteiger partial charge in [0, 0.05) is 22.9 Å². The third kappa shape index (κ3) is 5.41. The van der Waals surface area contributed by atoms with E-state index in [0.717, 1.165) is 35.4 Å². The normalized spacial score (nSPS) is 13.5. The lowest BCUT2D eigenvalue weighted by Crippen LogP contribution is -2.07. The van der Waals surface area contributed by atoms with Crippen LogP contribution in [-0.2, 0) is 28.0 Å². The number of carbonyl (C=O) groups is 1. The highest BCUT2D eigenvalue weighted by atomic mass is 32.2. The van der Waals surface area contributed by atoms with Gasteiger partial charge in [0.2, 0.25) is 10.0 Å². The molecule has 0 spiro atoms. The number of halogens is 2. The number of nitrogens with two attached hydrogens (primary N) is 1. The average Bonchev–Trinajstić information content (AvgIpc) is 3.42. The minimum atomic E-state index is -2.33. The summed E-state index contributed by atoms with van der Waals surface area (Å²) in [7, 11) is -2.33. The molecule has 1 fully saturated rings. The number of benzene rings is 2. The average molecular weight is 557 g/mol. The Morgan fingerprint density at radius 2 is 2.00 bits per heavy atom. The van der Waals surface area contributed by atoms with Crippen LogP contribution in [-0.4, -0.2) is 31.3 Å². The predicted molar refractivity (Wildman–Crippen MR) is 139 cm³/mol. The van der Waals surface area contributed by atoms with Crippen LogP contribution in [0.2, 0.25) is 0 Å². The van der Waals surface area contributed by atoms with Crippen molar-refractivity contribution in [3.63, 3.8) is 0 Å². The number of thiol groups is 1. The number of hydrogen-bond donors (Lipinski definition) is 2. The zero-order chi connectivity index (χ0) is 26.3. The van der Waals surface area contributed by atoms with Crippen LogP contribution in [0.5, 0.6) is 0 Å². The molecule has 196 valence electrons. The molecule has 5 rings (SSSR count). The lowest BCUT2D eigenvalue weighted by Gasteiger charge is -2.09. The van der Waals surface area contributed by atoms with Crippen LogP contribution < -0.4 is 5.14 Å². The lowest BCUT2D eigenvalue weighted by atomic mass is 9.96. The second-order valence-corrected chi connectivity index (χ2v) is 10.8. The molecule has 1 atom stereocenters. The van der Waals surface area contributed by atoms with Crippen LogP contribution >= 0.6 is 11.3 Å². The van der Waals surface area contributed by atoms with Crippen molar-refractivity contribution in [2.24, 2.45) is 11.1 Å². The second kappa shape index (κ2) is 10.9. The maximum Gasteiger partial charge on any atom is 0.355 e. The topological polar surface area (TPSA) is 141 Å². The number of thiazole rings is 1. The Labute approximate surface area is 223 Å². The summed E-state index contributed by atoms with van der Waals surface area (Å²) < 4.78 is 42.1. The maximum absolute atomic E-state index is 14.6. The first kappa shape index (κ1) is 27.3. The minimum Gasteiger partial charge on any atom is -0.870 e. The van der Waals surface area contributed by atoms with Crippen molar-refractivity contribution < 1.29 is 28.4 Å². The first-order valence-electron chi connectivity index (χ1n) is 11.3. The third-order valence-corrected chi connectivity index (χ3v) is 7.84. The van der Waals surface area contributed by atoms with Gasteiger partial charge >= 0.3 is 5.97 Å². The Balaban J connectivity index is 0.00000336. The van der Waals surface area contributed by atoms with Crippen molar-refractivity contribution in [3.05, 3.63) is 81.5 Å². The van der Waals surface area contributed by atoms with Crippen LogP contribution in [0.4, 0.5) is 8.78 Å². The van der Waals surface area contributed by atoms with E-state index in [2.05, 4.69) is 10.9 Å². The molecule has 0 saturated heterocycles. The van der Waals surface area contributed by atoms with Gasteiger partial charge in [-0.25, -0.2) is 23.2 Å². The van der Waals surface area contributed by atoms with Crippen molar-refractivity contribution in [1.29, 1.82) is 0 Å². The van der Waals surface area contributed by atoms with Crippen molar-refractivity contribution in [2.45, 2.75) is 30.6 Å². The van der Waals surface area contributed by atoms with Crippen LogP contribution in [0, 0.1) is 29.9 Å². The molecule has 0 radical (unpaired) electrons. The number of carboxylic acid groups (broad SMARTS) is 1. The molecule has 2 heterocycles. The van der Waals surface area contributed by atoms with E-state index >= 15 is 0 Å². The SMILES string of the molecule is C#Cc1cc(-c2nn(-c3nc(C(=O)O)cs3)c(CC3CC3)c2Cc2ccc([SH+](N)=O)c(F)c2)ccc1F.[OH-]. The second-order valence-electron chi connectivity index (χ2n) is 8.78. The molecule has 0 amide bonds. The van der Waals surface area contributed by atoms with E-state index in [1.165, 1.54) is 29.6 Å². The molecule has 0 aliphatic heterocycles. The van der Waals surface area contributed by atoms with Crippen molar-refractivity contribution in [1.82, 2.24) is 14.8 Å². The summed E-state index contributed by atoms with van der Waals surface area (Å²) >= 11 is 1.14. The Kier molecular flexibility index (Phi) is 7.84. The largest absolute Gasteiger partial charge is 0.870 e. The summed E-state index contributed by atoms with van der Waals surface area (Å²) in [5.74, 6) is 0.411. The van der Waals surface area contributed by atoms with Crippen molar-refractivity contribution >= 4 is 28.3 Å². The summed E-state index contributed by atoms with van der Waals surface area (Å²) in [4.78, 5) is 15.6. The fourth-order valence-electron chi connectivity index (χ4n) is 4.15. The third-order valence-electron chi connectivity index (χ3n) is 6.19. The van der Waals surface area contributed by atoms with Gasteiger partial charge in [0.05, 0.1) is 17.0 Å². The van der Waals surface area contributed by atoms with Crippen LogP contribution in [0.1, 0.15) is 45.7 Å². The van der Waals surface area contributed by atoms with Crippen LogP contribution in [0.25, 0.3) is 16.4 Å². The number of nitrogens with zero attached hydrogens (tertiary/aromatic N) is 3. The number of hydrogen-bond acceptors (Lipinski definition) is 6. The fraction of sp³-hybridized carbons (Fsp3) is 0.192. The smallest absolute Gasteiger partial charge is 0.355 e. The van der Waals surface area contributed by atoms with Crippen molar-refractivity contribution in [2.75, 3.05) is 0 Å². The number of carboxylic acids is 1. The zero-order valence-corrected chi connectivity index (χ0v) is 21.5. The van der Waals surface area contributed by atoms with E-state index in [-0.39, 0.29) is 28.0 Å². The zero-order valence-electron chi connectivity index (χ0n) is 19.8. The Morgan fingerprint density at radius 3 is 2.61 bits per heavy atom. The quantitative estimate of drug-likeness (QED) is 0.189. The first-order chi connectivity index (χ1) is 17.7. The van der Waals surface area contributed by atoms with Gasteiger partial charge in [0.15, 0.2) is 22.5 Å². The van der Waals surface area contributed by atoms with Crippen LogP contribution in [0.3, 0.4) is 0 Å². The molecule has 12 heteroatoms. The standard InChI is InChI=1S/C26H20F2N4O3S2.H2O/c1-2-16-12-17(6-7-19(16)27)24-18(9-15-5-8-23(37(29)35)20(28)10-15)22(11-14-3-4-14)32(31-24)26-30-21(13-36-26)25(33)34;/h1,5-8,10,12-14H,3-4,9,11H2,(H2,29,35)(H,33,34);1H2. The molecule has 1 aliphatic rings. The minimum absolute atomic E-state index is 0. The molecule has 8 nitrogen and oxygen atoms in total. The van der Waals surface area contributed by atoms with E-state index in [9.17, 15) is 22.9 Å². The Hall–Kier alpha value is -3.76. The molecule has 38 heavy (non-hydrogen) atoms. The van der Waals surface area contributed by atoms with E-state index < -0.39 is 28.6 Å². The van der Waals surface area contributed by atoms with Gasteiger partial charge in [-0.15, -0.1) is 22.9 Å². The summed E-state index contributed by atoms with van der Waals surface area (Å²) in [6.45, 7) is 0. The van der Waals surface area contributed by atoms with E-state index in [0.29, 0.717) is 34.3 Å². The van der Waals surface area contributed by atoms with Gasteiger partial charge in [0.1, 0.15) is 5.82 Å². The lowest BCUT2D eigenvalue weighted by molar-refractivity contribution is 0.0691. The number of rotatable bonds is 8. The van der Waals surface area contributed by atoms with Crippen molar-refractivity contribution in [3.8, 4) is 28.7 Å². The van der Waals surface area contributed by atoms with E-state index in [1.54, 1.807) is 16.8 Å². The maximum atomic E-state index is 14.6. The van der Waals surface area contributed by atoms with E-state index in [1.807, 2.05) is 0 Å². The molecule has 4 N–H and O–H groups in total. The molecule has 0 bridgehead atoms. The highest BCUT2D eigenvalue weighted by molar-refractivity contribution is 7.82. The molecular weight excluding hydrogens is 534 g/mol. The molecule has 1 aliphatic carbocycles. The van der Waals surface area contributed by atoms with Gasteiger partial charge in [0.25, 0.3) is 0 Å². The molecule has 2 aromatic carbocycles. The summed E-state index contributed by atoms with van der Waals surface area (Å²) in [5, 5.41) is 21.4. The van der Waals surface area contributed by atoms with E-state index in [4.69, 9.17) is 16.7 Å². The summed E-state index contributed by atoms with van der Waals surface area (Å²) in [5.41, 5.74) is 3.22. The van der Waals surface area contributed by atoms with Gasteiger partial charge < -0.3 is 10.6 Å². The fourth-order valence-corrected chi connectivity index (χ4v) is 5.42. The van der Waals surface area contributed by atoms with Gasteiger partial charge in [-0.3, -0.25) is 0 Å².